The number of hydrogen-bond acceptors (Lipinski definition) is 12. The lowest BCUT2D eigenvalue weighted by atomic mass is 9.54. The summed E-state index contributed by atoms with van der Waals surface area (Å²) in [4.78, 5) is 61.6. The lowest BCUT2D eigenvalue weighted by Gasteiger charge is -2.58. The molecule has 1 aromatic rings. The molecule has 7 atom stereocenters. The number of nitrogens with one attached hydrogen (secondary N) is 1. The van der Waals surface area contributed by atoms with E-state index in [0.717, 1.165) is 12.5 Å². The fraction of sp³-hybridized carbons (Fsp3) is 0.552. The molecule has 2 aliphatic heterocycles. The van der Waals surface area contributed by atoms with E-state index in [2.05, 4.69) is 0 Å². The molecule has 3 aliphatic rings. The van der Waals surface area contributed by atoms with Crippen LogP contribution in [0.3, 0.4) is 0 Å². The number of likely N-dealkylation sites (N-methyl/N-ethyl adjacent to an activating group) is 1. The van der Waals surface area contributed by atoms with Crippen molar-refractivity contribution in [1.82, 2.24) is 10.2 Å². The van der Waals surface area contributed by atoms with Crippen LogP contribution < -0.4 is 10.1 Å². The number of ether oxygens (including phenoxy) is 3. The van der Waals surface area contributed by atoms with Gasteiger partial charge in [-0.2, -0.15) is 0 Å². The van der Waals surface area contributed by atoms with E-state index in [0.29, 0.717) is 18.5 Å². The molecule has 1 amide bonds. The number of aliphatic hydroxyl groups excluding tert-OH is 1. The molecule has 0 saturated carbocycles. The first-order valence-corrected chi connectivity index (χ1v) is 14.0. The van der Waals surface area contributed by atoms with Crippen LogP contribution in [0.2, 0.25) is 0 Å². The standard InChI is InChI=1S/C29H36N2O13/c1-13-5-6-17(32)23-22(13)28-9-10-31(4)15(3)29(28,41)8-7-19(24(28)44-23)43-21(36)12-18(33)27(40)42-14(2)25(37)30-16(26(38)39)11-20(34)35/h5-7,14-16,18,24,32-33,41H,8-12H2,1-4H3,(H,30,37)(H,34,35)(H,38,39)/t14-,15+,16-,18-,24-,28-,29+/m0/s1. The third-order valence-electron chi connectivity index (χ3n) is 8.85. The van der Waals surface area contributed by atoms with Crippen molar-refractivity contribution < 1.29 is 63.7 Å². The van der Waals surface area contributed by atoms with Gasteiger partial charge in [0, 0.05) is 18.0 Å². The first-order valence-electron chi connectivity index (χ1n) is 14.0. The van der Waals surface area contributed by atoms with Crippen molar-refractivity contribution in [3.63, 3.8) is 0 Å². The smallest absolute Gasteiger partial charge is 0.336 e. The van der Waals surface area contributed by atoms with Crippen molar-refractivity contribution in [3.05, 3.63) is 35.1 Å². The Balaban J connectivity index is 1.47. The van der Waals surface area contributed by atoms with Crippen LogP contribution in [-0.2, 0) is 38.9 Å². The molecule has 2 heterocycles. The molecule has 0 radical (unpaired) electrons. The number of amides is 1. The Morgan fingerprint density at radius 2 is 1.86 bits per heavy atom. The number of nitrogens with zero attached hydrogens (tertiary/aromatic N) is 1. The second-order valence-corrected chi connectivity index (χ2v) is 11.5. The van der Waals surface area contributed by atoms with Gasteiger partial charge < -0.3 is 50.0 Å². The molecule has 15 nitrogen and oxygen atoms in total. The van der Waals surface area contributed by atoms with Gasteiger partial charge in [0.2, 0.25) is 0 Å². The van der Waals surface area contributed by atoms with Crippen LogP contribution in [0.5, 0.6) is 11.5 Å². The van der Waals surface area contributed by atoms with Gasteiger partial charge in [0.25, 0.3) is 5.91 Å². The minimum atomic E-state index is -2.07. The number of likely N-dealkylation sites (tertiary alicyclic amines) is 1. The first-order chi connectivity index (χ1) is 20.5. The van der Waals surface area contributed by atoms with Crippen LogP contribution in [-0.4, -0.2) is 110 Å². The highest BCUT2D eigenvalue weighted by atomic mass is 16.6. The van der Waals surface area contributed by atoms with E-state index in [9.17, 15) is 39.3 Å². The molecule has 6 N–H and O–H groups in total. The number of esters is 2. The molecule has 1 aliphatic carbocycles. The molecule has 240 valence electrons. The topological polar surface area (TPSA) is 229 Å². The van der Waals surface area contributed by atoms with Crippen LogP contribution in [0.15, 0.2) is 24.0 Å². The van der Waals surface area contributed by atoms with Gasteiger partial charge in [-0.05, 0) is 58.5 Å². The fourth-order valence-electron chi connectivity index (χ4n) is 6.39. The zero-order valence-corrected chi connectivity index (χ0v) is 24.6. The molecule has 0 aromatic heterocycles. The van der Waals surface area contributed by atoms with E-state index in [4.69, 9.17) is 24.4 Å². The number of phenolic OH excluding ortho intramolecular Hbond substituents is 1. The predicted molar refractivity (Wildman–Crippen MR) is 147 cm³/mol. The van der Waals surface area contributed by atoms with Gasteiger partial charge in [-0.1, -0.05) is 6.07 Å². The van der Waals surface area contributed by atoms with Crippen LogP contribution in [0.1, 0.15) is 50.7 Å². The van der Waals surface area contributed by atoms with Gasteiger partial charge in [-0.15, -0.1) is 0 Å². The third kappa shape index (κ3) is 5.57. The van der Waals surface area contributed by atoms with Crippen molar-refractivity contribution in [1.29, 1.82) is 0 Å². The molecule has 15 heteroatoms. The van der Waals surface area contributed by atoms with E-state index >= 15 is 0 Å². The number of hydrogen-bond donors (Lipinski definition) is 6. The molecule has 0 unspecified atom stereocenters. The van der Waals surface area contributed by atoms with Crippen molar-refractivity contribution in [2.45, 2.75) is 87.9 Å². The molecular formula is C29H36N2O13. The Morgan fingerprint density at radius 1 is 1.18 bits per heavy atom. The number of aryl methyl sites for hydroxylation is 1. The monoisotopic (exact) mass is 620 g/mol. The number of carboxylic acids is 2. The van der Waals surface area contributed by atoms with E-state index < -0.39 is 78.0 Å². The summed E-state index contributed by atoms with van der Waals surface area (Å²) in [6, 6.07) is 1.08. The second kappa shape index (κ2) is 12.1. The molecule has 1 aromatic carbocycles. The number of rotatable bonds is 10. The number of aliphatic hydroxyl groups is 2. The number of benzene rings is 1. The van der Waals surface area contributed by atoms with Crippen molar-refractivity contribution in [3.8, 4) is 11.5 Å². The highest BCUT2D eigenvalue weighted by molar-refractivity contribution is 5.90. The molecule has 1 saturated heterocycles. The zero-order valence-electron chi connectivity index (χ0n) is 24.6. The van der Waals surface area contributed by atoms with Gasteiger partial charge in [-0.25, -0.2) is 9.59 Å². The van der Waals surface area contributed by atoms with Gasteiger partial charge in [0.05, 0.1) is 23.9 Å². The summed E-state index contributed by atoms with van der Waals surface area (Å²) in [7, 11) is 1.89. The van der Waals surface area contributed by atoms with Crippen molar-refractivity contribution in [2.24, 2.45) is 0 Å². The number of aliphatic carboxylic acids is 2. The Morgan fingerprint density at radius 3 is 2.50 bits per heavy atom. The molecule has 1 fully saturated rings. The summed E-state index contributed by atoms with van der Waals surface area (Å²) in [5, 5.41) is 53.0. The highest BCUT2D eigenvalue weighted by Crippen LogP contribution is 2.62. The average Bonchev–Trinajstić information content (AvgIpc) is 3.31. The first kappa shape index (κ1) is 32.7. The summed E-state index contributed by atoms with van der Waals surface area (Å²) >= 11 is 0. The third-order valence-corrected chi connectivity index (χ3v) is 8.85. The number of carbonyl (C=O) groups excluding carboxylic acids is 3. The summed E-state index contributed by atoms with van der Waals surface area (Å²) < 4.78 is 16.6. The van der Waals surface area contributed by atoms with Crippen molar-refractivity contribution >= 4 is 29.8 Å². The second-order valence-electron chi connectivity index (χ2n) is 11.5. The quantitative estimate of drug-likeness (QED) is 0.185. The number of phenols is 1. The summed E-state index contributed by atoms with van der Waals surface area (Å²) in [6.45, 7) is 5.36. The SMILES string of the molecule is Cc1ccc(O)c2c1[C@]13CCN(C)[C@H](C)[C@]1(O)CC=C(OC(=O)C[C@H](O)C(=O)O[C@@H](C)C(=O)N[C@@H](CC(=O)O)C(=O)O)[C@@H]3O2. The van der Waals surface area contributed by atoms with Crippen LogP contribution in [0.4, 0.5) is 0 Å². The van der Waals surface area contributed by atoms with Crippen molar-refractivity contribution in [2.75, 3.05) is 13.6 Å². The van der Waals surface area contributed by atoms with Gasteiger partial charge in [-0.3, -0.25) is 14.4 Å². The lowest BCUT2D eigenvalue weighted by molar-refractivity contribution is -0.169. The van der Waals surface area contributed by atoms with Crippen LogP contribution in [0.25, 0.3) is 0 Å². The van der Waals surface area contributed by atoms with E-state index in [-0.39, 0.29) is 29.7 Å². The van der Waals surface area contributed by atoms with E-state index in [1.54, 1.807) is 6.07 Å². The number of carbonyl (C=O) groups is 5. The Labute approximate surface area is 252 Å². The van der Waals surface area contributed by atoms with Crippen LogP contribution >= 0.6 is 0 Å². The predicted octanol–water partition coefficient (Wildman–Crippen LogP) is -0.288. The summed E-state index contributed by atoms with van der Waals surface area (Å²) in [5.74, 6) is -6.58. The van der Waals surface area contributed by atoms with Crippen LogP contribution in [0, 0.1) is 6.92 Å². The van der Waals surface area contributed by atoms with Gasteiger partial charge in [0.15, 0.2) is 29.8 Å². The Kier molecular flexibility index (Phi) is 8.96. The highest BCUT2D eigenvalue weighted by Gasteiger charge is 2.69. The minimum Gasteiger partial charge on any atom is -0.504 e. The molecular weight excluding hydrogens is 584 g/mol. The normalized spacial score (nSPS) is 27.6. The fourth-order valence-corrected chi connectivity index (χ4v) is 6.39. The minimum absolute atomic E-state index is 0.0397. The number of aromatic hydroxyl groups is 1. The Hall–Kier alpha value is -4.21. The summed E-state index contributed by atoms with van der Waals surface area (Å²) in [6.07, 6.45) is -4.52. The molecule has 1 spiro atoms. The molecule has 44 heavy (non-hydrogen) atoms. The average molecular weight is 621 g/mol. The maximum atomic E-state index is 12.9. The van der Waals surface area contributed by atoms with Gasteiger partial charge in [0.1, 0.15) is 11.8 Å². The van der Waals surface area contributed by atoms with E-state index in [1.165, 1.54) is 12.1 Å². The largest absolute Gasteiger partial charge is 0.504 e. The zero-order chi connectivity index (χ0) is 32.7. The summed E-state index contributed by atoms with van der Waals surface area (Å²) in [5.41, 5.74) is -1.06. The maximum Gasteiger partial charge on any atom is 0.336 e. The molecule has 4 rings (SSSR count). The van der Waals surface area contributed by atoms with Gasteiger partial charge >= 0.3 is 23.9 Å². The number of carboxylic acid groups (broad SMARTS) is 2. The van der Waals surface area contributed by atoms with E-state index in [1.807, 2.05) is 31.1 Å². The lowest BCUT2D eigenvalue weighted by Crippen LogP contribution is -2.71. The number of fused-ring (bicyclic) bond motifs is 1. The maximum absolute atomic E-state index is 12.9. The molecule has 0 bridgehead atoms. The number of piperidine rings is 1. The Bertz CT molecular complexity index is 1410.